The van der Waals surface area contributed by atoms with Gasteiger partial charge in [0.15, 0.2) is 0 Å². The third-order valence-corrected chi connectivity index (χ3v) is 4.45. The van der Waals surface area contributed by atoms with Gasteiger partial charge < -0.3 is 5.32 Å². The molecule has 8 heteroatoms. The molecular weight excluding hydrogens is 358 g/mol. The van der Waals surface area contributed by atoms with Crippen LogP contribution in [0.3, 0.4) is 0 Å². The van der Waals surface area contributed by atoms with Gasteiger partial charge >= 0.3 is 6.18 Å². The van der Waals surface area contributed by atoms with Gasteiger partial charge in [-0.3, -0.25) is 4.79 Å². The molecule has 22 heavy (non-hydrogen) atoms. The number of thiophene rings is 1. The molecule has 1 aromatic carbocycles. The monoisotopic (exact) mass is 367 g/mol. The fourth-order valence-corrected chi connectivity index (χ4v) is 3.30. The summed E-state index contributed by atoms with van der Waals surface area (Å²) in [5, 5.41) is 2.60. The first-order valence-electron chi connectivity index (χ1n) is 6.11. The summed E-state index contributed by atoms with van der Waals surface area (Å²) in [6, 6.07) is 5.62. The van der Waals surface area contributed by atoms with Crippen molar-refractivity contribution in [2.75, 3.05) is 0 Å². The highest BCUT2D eigenvalue weighted by Crippen LogP contribution is 2.32. The number of amides is 1. The van der Waals surface area contributed by atoms with E-state index in [0.717, 1.165) is 23.5 Å². The van der Waals surface area contributed by atoms with Crippen molar-refractivity contribution >= 4 is 40.4 Å². The van der Waals surface area contributed by atoms with E-state index in [1.54, 1.807) is 6.92 Å². The molecule has 1 unspecified atom stereocenters. The smallest absolute Gasteiger partial charge is 0.345 e. The van der Waals surface area contributed by atoms with Crippen molar-refractivity contribution in [1.29, 1.82) is 0 Å². The zero-order chi connectivity index (χ0) is 16.5. The minimum absolute atomic E-state index is 0.204. The summed E-state index contributed by atoms with van der Waals surface area (Å²) < 4.78 is 38.7. The lowest BCUT2D eigenvalue weighted by Crippen LogP contribution is -2.26. The number of nitrogens with one attached hydrogen (secondary N) is 1. The molecule has 1 amide bonds. The second-order valence-corrected chi connectivity index (χ2v) is 6.84. The molecule has 1 heterocycles. The molecule has 0 spiro atoms. The molecule has 0 fully saturated rings. The lowest BCUT2D eigenvalue weighted by atomic mass is 10.0. The maximum absolute atomic E-state index is 12.7. The van der Waals surface area contributed by atoms with Crippen LogP contribution in [0.5, 0.6) is 0 Å². The summed E-state index contributed by atoms with van der Waals surface area (Å²) in [7, 11) is 0. The van der Waals surface area contributed by atoms with E-state index in [1.165, 1.54) is 18.2 Å². The summed E-state index contributed by atoms with van der Waals surface area (Å²) in [5.74, 6) is -0.488. The van der Waals surface area contributed by atoms with Crippen molar-refractivity contribution in [2.24, 2.45) is 0 Å². The van der Waals surface area contributed by atoms with Crippen LogP contribution in [-0.2, 0) is 6.18 Å². The van der Waals surface area contributed by atoms with Crippen LogP contribution in [0, 0.1) is 0 Å². The maximum Gasteiger partial charge on any atom is 0.416 e. The van der Waals surface area contributed by atoms with Crippen LogP contribution in [-0.4, -0.2) is 5.91 Å². The first kappa shape index (κ1) is 17.1. The van der Waals surface area contributed by atoms with E-state index in [0.29, 0.717) is 9.90 Å². The van der Waals surface area contributed by atoms with Crippen molar-refractivity contribution < 1.29 is 18.0 Å². The first-order chi connectivity index (χ1) is 10.2. The Balaban J connectivity index is 2.17. The number of benzene rings is 1. The lowest BCUT2D eigenvalue weighted by Gasteiger charge is -2.16. The van der Waals surface area contributed by atoms with Crippen LogP contribution in [0.1, 0.15) is 34.5 Å². The third-order valence-electron chi connectivity index (χ3n) is 2.96. The third kappa shape index (κ3) is 3.94. The summed E-state index contributed by atoms with van der Waals surface area (Å²) >= 11 is 12.7. The molecule has 0 bridgehead atoms. The van der Waals surface area contributed by atoms with Gasteiger partial charge in [0, 0.05) is 0 Å². The van der Waals surface area contributed by atoms with E-state index in [1.807, 2.05) is 0 Å². The number of carbonyl (C=O) groups is 1. The zero-order valence-corrected chi connectivity index (χ0v) is 13.5. The van der Waals surface area contributed by atoms with Crippen LogP contribution < -0.4 is 5.32 Å². The van der Waals surface area contributed by atoms with Crippen molar-refractivity contribution in [2.45, 2.75) is 19.1 Å². The Labute approximate surface area is 138 Å². The Morgan fingerprint density at radius 2 is 1.95 bits per heavy atom. The molecule has 118 valence electrons. The summed E-state index contributed by atoms with van der Waals surface area (Å²) in [6.07, 6.45) is -4.43. The quantitative estimate of drug-likeness (QED) is 0.755. The fraction of sp³-hybridized carbons (Fsp3) is 0.214. The predicted octanol–water partition coefficient (Wildman–Crippen LogP) is 5.56. The van der Waals surface area contributed by atoms with Crippen molar-refractivity contribution in [3.05, 3.63) is 55.7 Å². The molecular formula is C14H10Cl2F3NOS. The van der Waals surface area contributed by atoms with E-state index >= 15 is 0 Å². The molecule has 1 atom stereocenters. The predicted molar refractivity (Wildman–Crippen MR) is 81.7 cm³/mol. The van der Waals surface area contributed by atoms with Gasteiger partial charge in [0.05, 0.1) is 21.5 Å². The van der Waals surface area contributed by atoms with Gasteiger partial charge in [0.1, 0.15) is 4.34 Å². The van der Waals surface area contributed by atoms with E-state index in [4.69, 9.17) is 23.2 Å². The standard InChI is InChI=1S/C14H10Cl2F3NOS/c1-7(8-3-2-4-9(5-8)14(17,18)19)20-13(21)10-6-11(15)22-12(10)16/h2-7H,1H3,(H,20,21). The van der Waals surface area contributed by atoms with Crippen molar-refractivity contribution in [3.8, 4) is 0 Å². The van der Waals surface area contributed by atoms with Crippen LogP contribution in [0.15, 0.2) is 30.3 Å². The Morgan fingerprint density at radius 1 is 1.27 bits per heavy atom. The molecule has 2 aromatic rings. The molecule has 0 saturated carbocycles. The molecule has 2 rings (SSSR count). The number of hydrogen-bond acceptors (Lipinski definition) is 2. The zero-order valence-electron chi connectivity index (χ0n) is 11.2. The number of alkyl halides is 3. The van der Waals surface area contributed by atoms with E-state index < -0.39 is 23.7 Å². The first-order valence-corrected chi connectivity index (χ1v) is 7.68. The second kappa shape index (κ2) is 6.48. The molecule has 1 aromatic heterocycles. The van der Waals surface area contributed by atoms with Crippen LogP contribution in [0.4, 0.5) is 13.2 Å². The summed E-state index contributed by atoms with van der Waals surface area (Å²) in [5.41, 5.74) is -0.209. The average Bonchev–Trinajstić information content (AvgIpc) is 2.77. The normalized spacial score (nSPS) is 13.0. The Kier molecular flexibility index (Phi) is 5.04. The van der Waals surface area contributed by atoms with Crippen molar-refractivity contribution in [3.63, 3.8) is 0 Å². The SMILES string of the molecule is CC(NC(=O)c1cc(Cl)sc1Cl)c1cccc(C(F)(F)F)c1. The lowest BCUT2D eigenvalue weighted by molar-refractivity contribution is -0.137. The highest BCUT2D eigenvalue weighted by atomic mass is 35.5. The minimum Gasteiger partial charge on any atom is -0.345 e. The number of halogens is 5. The van der Waals surface area contributed by atoms with E-state index in [-0.39, 0.29) is 9.90 Å². The summed E-state index contributed by atoms with van der Waals surface area (Å²) in [4.78, 5) is 12.1. The summed E-state index contributed by atoms with van der Waals surface area (Å²) in [6.45, 7) is 1.59. The highest BCUT2D eigenvalue weighted by molar-refractivity contribution is 7.20. The second-order valence-electron chi connectivity index (χ2n) is 4.56. The largest absolute Gasteiger partial charge is 0.416 e. The van der Waals surface area contributed by atoms with Gasteiger partial charge in [0.25, 0.3) is 5.91 Å². The highest BCUT2D eigenvalue weighted by Gasteiger charge is 2.30. The Morgan fingerprint density at radius 3 is 2.50 bits per heavy atom. The molecule has 1 N–H and O–H groups in total. The Hall–Kier alpha value is -1.24. The average molecular weight is 368 g/mol. The topological polar surface area (TPSA) is 29.1 Å². The molecule has 0 aliphatic carbocycles. The van der Waals surface area contributed by atoms with Gasteiger partial charge in [-0.15, -0.1) is 11.3 Å². The maximum atomic E-state index is 12.7. The number of carbonyl (C=O) groups excluding carboxylic acids is 1. The molecule has 2 nitrogen and oxygen atoms in total. The number of hydrogen-bond donors (Lipinski definition) is 1. The van der Waals surface area contributed by atoms with Crippen LogP contribution >= 0.6 is 34.5 Å². The van der Waals surface area contributed by atoms with Gasteiger partial charge in [0.2, 0.25) is 0 Å². The van der Waals surface area contributed by atoms with E-state index in [9.17, 15) is 18.0 Å². The van der Waals surface area contributed by atoms with E-state index in [2.05, 4.69) is 5.32 Å². The van der Waals surface area contributed by atoms with Crippen LogP contribution in [0.25, 0.3) is 0 Å². The molecule has 0 radical (unpaired) electrons. The van der Waals surface area contributed by atoms with Gasteiger partial charge in [-0.25, -0.2) is 0 Å². The van der Waals surface area contributed by atoms with Gasteiger partial charge in [-0.1, -0.05) is 35.3 Å². The van der Waals surface area contributed by atoms with Gasteiger partial charge in [-0.05, 0) is 30.7 Å². The minimum atomic E-state index is -4.43. The Bertz CT molecular complexity index is 700. The van der Waals surface area contributed by atoms with Crippen LogP contribution in [0.2, 0.25) is 8.67 Å². The molecule has 0 saturated heterocycles. The molecule has 0 aliphatic rings. The fourth-order valence-electron chi connectivity index (χ4n) is 1.84. The van der Waals surface area contributed by atoms with Gasteiger partial charge in [-0.2, -0.15) is 13.2 Å². The van der Waals surface area contributed by atoms with Crippen molar-refractivity contribution in [1.82, 2.24) is 5.32 Å². The number of rotatable bonds is 3. The molecule has 0 aliphatic heterocycles.